The molecular formula is C19H20N2O5. The predicted octanol–water partition coefficient (Wildman–Crippen LogP) is 2.62. The number of benzene rings is 2. The summed E-state index contributed by atoms with van der Waals surface area (Å²) >= 11 is 0. The van der Waals surface area contributed by atoms with Crippen LogP contribution in [0.3, 0.4) is 0 Å². The van der Waals surface area contributed by atoms with E-state index in [1.54, 1.807) is 26.1 Å². The van der Waals surface area contributed by atoms with Crippen LogP contribution in [0.15, 0.2) is 54.6 Å². The minimum atomic E-state index is -0.804. The number of carbonyl (C=O) groups excluding carboxylic acids is 1. The molecule has 0 unspecified atom stereocenters. The highest BCUT2D eigenvalue weighted by atomic mass is 16.6. The fourth-order valence-electron chi connectivity index (χ4n) is 2.88. The van der Waals surface area contributed by atoms with Crippen molar-refractivity contribution in [3.8, 4) is 0 Å². The van der Waals surface area contributed by atoms with Crippen LogP contribution in [0, 0.1) is 10.1 Å². The Balaban J connectivity index is 1.63. The SMILES string of the molecule is C[C@@H]([C@@H](O)c1ccccc1)N(C)C(=O)[C@H]1O[C@@H]1c1ccc([N+](=O)[O-])cc1. The van der Waals surface area contributed by atoms with Gasteiger partial charge in [0, 0.05) is 19.2 Å². The van der Waals surface area contributed by atoms with Gasteiger partial charge in [-0.3, -0.25) is 14.9 Å². The Morgan fingerprint density at radius 3 is 2.38 bits per heavy atom. The van der Waals surface area contributed by atoms with E-state index in [0.29, 0.717) is 0 Å². The van der Waals surface area contributed by atoms with Crippen LogP contribution in [0.25, 0.3) is 0 Å². The lowest BCUT2D eigenvalue weighted by Crippen LogP contribution is -2.41. The number of hydrogen-bond donors (Lipinski definition) is 1. The molecule has 1 amide bonds. The number of nitro benzene ring substituents is 1. The maximum Gasteiger partial charge on any atom is 0.269 e. The van der Waals surface area contributed by atoms with Crippen LogP contribution in [-0.2, 0) is 9.53 Å². The Labute approximate surface area is 151 Å². The molecule has 0 saturated carbocycles. The van der Waals surface area contributed by atoms with Crippen molar-refractivity contribution in [3.05, 3.63) is 75.8 Å². The van der Waals surface area contributed by atoms with Crippen LogP contribution in [-0.4, -0.2) is 40.0 Å². The van der Waals surface area contributed by atoms with Gasteiger partial charge in [0.05, 0.1) is 17.1 Å². The molecule has 1 N–H and O–H groups in total. The second kappa shape index (κ2) is 7.23. The molecule has 0 spiro atoms. The standard InChI is InChI=1S/C19H20N2O5/c1-12(16(22)13-6-4-3-5-7-13)20(2)19(23)18-17(26-18)14-8-10-15(11-9-14)21(24)25/h3-12,16-18,22H,1-2H3/t12-,16+,17+,18-/m0/s1. The van der Waals surface area contributed by atoms with E-state index in [1.807, 2.05) is 30.3 Å². The number of carbonyl (C=O) groups is 1. The van der Waals surface area contributed by atoms with Crippen LogP contribution in [0.4, 0.5) is 5.69 Å². The maximum absolute atomic E-state index is 12.6. The largest absolute Gasteiger partial charge is 0.386 e. The summed E-state index contributed by atoms with van der Waals surface area (Å²) in [5.41, 5.74) is 1.45. The van der Waals surface area contributed by atoms with Crippen molar-refractivity contribution in [2.24, 2.45) is 0 Å². The zero-order valence-corrected chi connectivity index (χ0v) is 14.5. The van der Waals surface area contributed by atoms with Gasteiger partial charge in [-0.25, -0.2) is 0 Å². The third kappa shape index (κ3) is 3.58. The summed E-state index contributed by atoms with van der Waals surface area (Å²) in [4.78, 5) is 24.3. The lowest BCUT2D eigenvalue weighted by Gasteiger charge is -2.29. The van der Waals surface area contributed by atoms with Crippen LogP contribution < -0.4 is 0 Å². The molecule has 0 aliphatic carbocycles. The van der Waals surface area contributed by atoms with E-state index in [2.05, 4.69) is 0 Å². The third-order valence-corrected chi connectivity index (χ3v) is 4.72. The molecule has 0 radical (unpaired) electrons. The summed E-state index contributed by atoms with van der Waals surface area (Å²) in [6, 6.07) is 14.7. The maximum atomic E-state index is 12.6. The number of hydrogen-bond acceptors (Lipinski definition) is 5. The monoisotopic (exact) mass is 356 g/mol. The van der Waals surface area contributed by atoms with E-state index in [1.165, 1.54) is 17.0 Å². The molecule has 1 aliphatic heterocycles. The topological polar surface area (TPSA) is 96.2 Å². The number of likely N-dealkylation sites (N-methyl/N-ethyl adjacent to an activating group) is 1. The molecule has 3 rings (SSSR count). The molecule has 1 fully saturated rings. The molecule has 1 heterocycles. The lowest BCUT2D eigenvalue weighted by molar-refractivity contribution is -0.384. The third-order valence-electron chi connectivity index (χ3n) is 4.72. The molecule has 2 aromatic carbocycles. The highest BCUT2D eigenvalue weighted by Gasteiger charge is 2.48. The van der Waals surface area contributed by atoms with Gasteiger partial charge in [-0.05, 0) is 30.2 Å². The molecule has 1 aliphatic rings. The van der Waals surface area contributed by atoms with E-state index in [-0.39, 0.29) is 11.6 Å². The van der Waals surface area contributed by atoms with Gasteiger partial charge < -0.3 is 14.7 Å². The Hall–Kier alpha value is -2.77. The Kier molecular flexibility index (Phi) is 5.01. The number of aliphatic hydroxyl groups excluding tert-OH is 1. The zero-order valence-electron chi connectivity index (χ0n) is 14.5. The van der Waals surface area contributed by atoms with E-state index in [0.717, 1.165) is 11.1 Å². The van der Waals surface area contributed by atoms with Gasteiger partial charge in [-0.15, -0.1) is 0 Å². The number of non-ortho nitro benzene ring substituents is 1. The van der Waals surface area contributed by atoms with Crippen molar-refractivity contribution in [3.63, 3.8) is 0 Å². The molecular weight excluding hydrogens is 336 g/mol. The molecule has 7 nitrogen and oxygen atoms in total. The predicted molar refractivity (Wildman–Crippen MR) is 94.3 cm³/mol. The van der Waals surface area contributed by atoms with Gasteiger partial charge in [0.1, 0.15) is 6.10 Å². The van der Waals surface area contributed by atoms with Crippen molar-refractivity contribution < 1.29 is 19.6 Å². The normalized spacial score (nSPS) is 20.9. The van der Waals surface area contributed by atoms with Crippen LogP contribution in [0.1, 0.15) is 30.3 Å². The van der Waals surface area contributed by atoms with Crippen molar-refractivity contribution in [2.45, 2.75) is 31.3 Å². The smallest absolute Gasteiger partial charge is 0.269 e. The van der Waals surface area contributed by atoms with Gasteiger partial charge in [-0.2, -0.15) is 0 Å². The fraction of sp³-hybridized carbons (Fsp3) is 0.316. The average molecular weight is 356 g/mol. The number of nitrogens with zero attached hydrogens (tertiary/aromatic N) is 2. The van der Waals surface area contributed by atoms with E-state index >= 15 is 0 Å². The summed E-state index contributed by atoms with van der Waals surface area (Å²) in [6.07, 6.45) is -1.85. The number of aliphatic hydroxyl groups is 1. The molecule has 7 heteroatoms. The highest BCUT2D eigenvalue weighted by molar-refractivity contribution is 5.84. The van der Waals surface area contributed by atoms with E-state index < -0.39 is 29.3 Å². The number of nitro groups is 1. The Morgan fingerprint density at radius 1 is 1.19 bits per heavy atom. The first-order chi connectivity index (χ1) is 12.4. The minimum Gasteiger partial charge on any atom is -0.386 e. The summed E-state index contributed by atoms with van der Waals surface area (Å²) in [6.45, 7) is 1.78. The van der Waals surface area contributed by atoms with Gasteiger partial charge in [-0.1, -0.05) is 30.3 Å². The number of amides is 1. The Bertz CT molecular complexity index is 793. The molecule has 4 atom stereocenters. The van der Waals surface area contributed by atoms with Crippen molar-refractivity contribution in [1.29, 1.82) is 0 Å². The first kappa shape index (κ1) is 18.0. The van der Waals surface area contributed by atoms with Gasteiger partial charge in [0.2, 0.25) is 0 Å². The number of ether oxygens (including phenoxy) is 1. The first-order valence-electron chi connectivity index (χ1n) is 8.29. The van der Waals surface area contributed by atoms with Crippen molar-refractivity contribution in [1.82, 2.24) is 4.90 Å². The summed E-state index contributed by atoms with van der Waals surface area (Å²) in [7, 11) is 1.63. The molecule has 136 valence electrons. The quantitative estimate of drug-likeness (QED) is 0.487. The van der Waals surface area contributed by atoms with Crippen LogP contribution in [0.2, 0.25) is 0 Å². The van der Waals surface area contributed by atoms with Gasteiger partial charge in [0.15, 0.2) is 6.10 Å². The molecule has 0 aromatic heterocycles. The second-order valence-corrected chi connectivity index (χ2v) is 6.37. The molecule has 1 saturated heterocycles. The van der Waals surface area contributed by atoms with Crippen molar-refractivity contribution in [2.75, 3.05) is 7.05 Å². The number of rotatable bonds is 6. The van der Waals surface area contributed by atoms with Crippen LogP contribution >= 0.6 is 0 Å². The average Bonchev–Trinajstić information content (AvgIpc) is 3.47. The van der Waals surface area contributed by atoms with E-state index in [4.69, 9.17) is 4.74 Å². The summed E-state index contributed by atoms with van der Waals surface area (Å²) < 4.78 is 5.48. The summed E-state index contributed by atoms with van der Waals surface area (Å²) in [5.74, 6) is -0.226. The van der Waals surface area contributed by atoms with Gasteiger partial charge in [0.25, 0.3) is 11.6 Å². The van der Waals surface area contributed by atoms with E-state index in [9.17, 15) is 20.0 Å². The fourth-order valence-corrected chi connectivity index (χ4v) is 2.88. The van der Waals surface area contributed by atoms with Crippen LogP contribution in [0.5, 0.6) is 0 Å². The molecule has 0 bridgehead atoms. The summed E-state index contributed by atoms with van der Waals surface area (Å²) in [5, 5.41) is 21.2. The number of epoxide rings is 1. The Morgan fingerprint density at radius 2 is 1.81 bits per heavy atom. The molecule has 26 heavy (non-hydrogen) atoms. The van der Waals surface area contributed by atoms with Crippen molar-refractivity contribution >= 4 is 11.6 Å². The first-order valence-corrected chi connectivity index (χ1v) is 8.29. The highest BCUT2D eigenvalue weighted by Crippen LogP contribution is 2.40. The zero-order chi connectivity index (χ0) is 18.8. The minimum absolute atomic E-state index is 0.00556. The second-order valence-electron chi connectivity index (χ2n) is 6.37. The molecule has 2 aromatic rings. The van der Waals surface area contributed by atoms with Gasteiger partial charge >= 0.3 is 0 Å². The lowest BCUT2D eigenvalue weighted by atomic mass is 10.0.